The molecule has 0 amide bonds. The van der Waals surface area contributed by atoms with Crippen LogP contribution in [0.15, 0.2) is 66.7 Å². The van der Waals surface area contributed by atoms with Crippen LogP contribution >= 0.6 is 0 Å². The second-order valence-corrected chi connectivity index (χ2v) is 6.84. The van der Waals surface area contributed by atoms with Gasteiger partial charge < -0.3 is 15.7 Å². The van der Waals surface area contributed by atoms with Gasteiger partial charge in [-0.25, -0.2) is 0 Å². The zero-order valence-electron chi connectivity index (χ0n) is 16.3. The van der Waals surface area contributed by atoms with E-state index in [4.69, 9.17) is 5.10 Å². The number of aliphatic hydroxyl groups is 1. The molecule has 3 N–H and O–H groups in total. The zero-order valence-corrected chi connectivity index (χ0v) is 16.3. The predicted molar refractivity (Wildman–Crippen MR) is 115 cm³/mol. The minimum atomic E-state index is -0.0708. The number of aromatic nitrogens is 4. The van der Waals surface area contributed by atoms with Gasteiger partial charge in [0.25, 0.3) is 0 Å². The monoisotopic (exact) mass is 388 g/mol. The van der Waals surface area contributed by atoms with E-state index in [1.54, 1.807) is 4.52 Å². The van der Waals surface area contributed by atoms with Crippen LogP contribution in [0.25, 0.3) is 17.0 Å². The standard InChI is InChI=1S/C22H24N6O/c1-2-18(15-29)24-20-13-19(23-14-16-9-5-3-6-10-16)22-26-25-21(28(22)27-20)17-11-7-4-8-12-17/h3-13,18,23,29H,2,14-15H2,1H3,(H,24,27)/t18-/m1/s1. The fourth-order valence-electron chi connectivity index (χ4n) is 3.13. The van der Waals surface area contributed by atoms with Gasteiger partial charge in [0.2, 0.25) is 5.65 Å². The van der Waals surface area contributed by atoms with Crippen molar-refractivity contribution in [1.82, 2.24) is 19.8 Å². The Morgan fingerprint density at radius 1 is 1.00 bits per heavy atom. The average Bonchev–Trinajstić information content (AvgIpc) is 3.21. The van der Waals surface area contributed by atoms with Crippen molar-refractivity contribution in [2.75, 3.05) is 17.2 Å². The number of fused-ring (bicyclic) bond motifs is 1. The lowest BCUT2D eigenvalue weighted by Crippen LogP contribution is -2.23. The van der Waals surface area contributed by atoms with Crippen molar-refractivity contribution in [3.05, 3.63) is 72.3 Å². The first-order valence-corrected chi connectivity index (χ1v) is 9.75. The summed E-state index contributed by atoms with van der Waals surface area (Å²) in [5.41, 5.74) is 3.59. The Morgan fingerprint density at radius 2 is 1.72 bits per heavy atom. The molecule has 0 aliphatic heterocycles. The normalized spacial score (nSPS) is 12.1. The summed E-state index contributed by atoms with van der Waals surface area (Å²) in [4.78, 5) is 0. The molecule has 148 valence electrons. The molecule has 0 aliphatic carbocycles. The number of hydrogen-bond acceptors (Lipinski definition) is 6. The van der Waals surface area contributed by atoms with E-state index in [1.165, 1.54) is 5.56 Å². The minimum Gasteiger partial charge on any atom is -0.394 e. The number of nitrogens with zero attached hydrogens (tertiary/aromatic N) is 4. The van der Waals surface area contributed by atoms with Crippen LogP contribution < -0.4 is 10.6 Å². The highest BCUT2D eigenvalue weighted by molar-refractivity contribution is 5.73. The summed E-state index contributed by atoms with van der Waals surface area (Å²) < 4.78 is 1.75. The van der Waals surface area contributed by atoms with Gasteiger partial charge in [-0.2, -0.15) is 4.52 Å². The first kappa shape index (κ1) is 18.9. The van der Waals surface area contributed by atoms with E-state index in [0.717, 1.165) is 17.7 Å². The van der Waals surface area contributed by atoms with E-state index >= 15 is 0 Å². The van der Waals surface area contributed by atoms with E-state index in [1.807, 2.05) is 61.5 Å². The van der Waals surface area contributed by atoms with E-state index in [9.17, 15) is 5.11 Å². The van der Waals surface area contributed by atoms with Crippen molar-refractivity contribution in [1.29, 1.82) is 0 Å². The highest BCUT2D eigenvalue weighted by Gasteiger charge is 2.16. The highest BCUT2D eigenvalue weighted by Crippen LogP contribution is 2.25. The molecule has 0 spiro atoms. The first-order valence-electron chi connectivity index (χ1n) is 9.75. The third-order valence-corrected chi connectivity index (χ3v) is 4.79. The van der Waals surface area contributed by atoms with Gasteiger partial charge in [-0.3, -0.25) is 0 Å². The molecule has 2 aromatic carbocycles. The number of aliphatic hydroxyl groups excluding tert-OH is 1. The summed E-state index contributed by atoms with van der Waals surface area (Å²) in [6.45, 7) is 2.72. The largest absolute Gasteiger partial charge is 0.394 e. The Morgan fingerprint density at radius 3 is 2.41 bits per heavy atom. The summed E-state index contributed by atoms with van der Waals surface area (Å²) in [6, 6.07) is 21.9. The lowest BCUT2D eigenvalue weighted by atomic mass is 10.2. The number of hydrogen-bond donors (Lipinski definition) is 3. The second-order valence-electron chi connectivity index (χ2n) is 6.84. The van der Waals surface area contributed by atoms with Crippen molar-refractivity contribution in [3.8, 4) is 11.4 Å². The van der Waals surface area contributed by atoms with Gasteiger partial charge in [0.1, 0.15) is 5.82 Å². The van der Waals surface area contributed by atoms with Gasteiger partial charge in [-0.05, 0) is 12.0 Å². The highest BCUT2D eigenvalue weighted by atomic mass is 16.3. The molecule has 7 heteroatoms. The Kier molecular flexibility index (Phi) is 5.67. The van der Waals surface area contributed by atoms with Crippen LogP contribution in [0.1, 0.15) is 18.9 Å². The number of anilines is 2. The maximum Gasteiger partial charge on any atom is 0.201 e. The maximum atomic E-state index is 9.58. The predicted octanol–water partition coefficient (Wildman–Crippen LogP) is 3.59. The summed E-state index contributed by atoms with van der Waals surface area (Å²) in [5, 5.41) is 29.8. The van der Waals surface area contributed by atoms with Gasteiger partial charge in [-0.15, -0.1) is 15.3 Å². The minimum absolute atomic E-state index is 0.0384. The van der Waals surface area contributed by atoms with Crippen molar-refractivity contribution in [2.24, 2.45) is 0 Å². The number of rotatable bonds is 8. The molecule has 0 radical (unpaired) electrons. The Labute approximate surface area is 169 Å². The second kappa shape index (κ2) is 8.70. The molecule has 7 nitrogen and oxygen atoms in total. The molecule has 0 saturated carbocycles. The Balaban J connectivity index is 1.74. The SMILES string of the molecule is CC[C@H](CO)Nc1cc(NCc2ccccc2)c2nnc(-c3ccccc3)n2n1. The third kappa shape index (κ3) is 4.20. The molecule has 2 heterocycles. The number of benzene rings is 2. The van der Waals surface area contributed by atoms with E-state index < -0.39 is 0 Å². The molecule has 0 saturated heterocycles. The van der Waals surface area contributed by atoms with E-state index in [2.05, 4.69) is 33.0 Å². The van der Waals surface area contributed by atoms with Crippen LogP contribution in [0.5, 0.6) is 0 Å². The molecule has 0 fully saturated rings. The van der Waals surface area contributed by atoms with Gasteiger partial charge in [-0.1, -0.05) is 67.6 Å². The molecule has 4 aromatic rings. The first-order chi connectivity index (χ1) is 14.3. The van der Waals surface area contributed by atoms with Gasteiger partial charge >= 0.3 is 0 Å². The molecular weight excluding hydrogens is 364 g/mol. The molecular formula is C22H24N6O. The zero-order chi connectivity index (χ0) is 20.1. The summed E-state index contributed by atoms with van der Waals surface area (Å²) in [7, 11) is 0. The third-order valence-electron chi connectivity index (χ3n) is 4.79. The summed E-state index contributed by atoms with van der Waals surface area (Å²) in [5.74, 6) is 1.33. The lowest BCUT2D eigenvalue weighted by molar-refractivity contribution is 0.271. The van der Waals surface area contributed by atoms with Crippen LogP contribution in [0, 0.1) is 0 Å². The smallest absolute Gasteiger partial charge is 0.201 e. The van der Waals surface area contributed by atoms with Gasteiger partial charge in [0.05, 0.1) is 18.3 Å². The molecule has 4 rings (SSSR count). The quantitative estimate of drug-likeness (QED) is 0.428. The topological polar surface area (TPSA) is 87.4 Å². The van der Waals surface area contributed by atoms with Crippen LogP contribution in [-0.2, 0) is 6.54 Å². The molecule has 0 bridgehead atoms. The fourth-order valence-corrected chi connectivity index (χ4v) is 3.13. The van der Waals surface area contributed by atoms with Crippen molar-refractivity contribution in [2.45, 2.75) is 25.9 Å². The Bertz CT molecular complexity index is 1060. The van der Waals surface area contributed by atoms with Gasteiger partial charge in [0.15, 0.2) is 5.82 Å². The van der Waals surface area contributed by atoms with Gasteiger partial charge in [0, 0.05) is 18.2 Å². The molecule has 29 heavy (non-hydrogen) atoms. The van der Waals surface area contributed by atoms with Crippen LogP contribution in [0.3, 0.4) is 0 Å². The molecule has 1 atom stereocenters. The molecule has 0 unspecified atom stereocenters. The molecule has 2 aromatic heterocycles. The summed E-state index contributed by atoms with van der Waals surface area (Å²) >= 11 is 0. The average molecular weight is 388 g/mol. The van der Waals surface area contributed by atoms with E-state index in [-0.39, 0.29) is 12.6 Å². The van der Waals surface area contributed by atoms with E-state index in [0.29, 0.717) is 23.8 Å². The fraction of sp³-hybridized carbons (Fsp3) is 0.227. The lowest BCUT2D eigenvalue weighted by Gasteiger charge is -2.16. The van der Waals surface area contributed by atoms with Crippen molar-refractivity contribution >= 4 is 17.2 Å². The molecule has 0 aliphatic rings. The number of nitrogens with one attached hydrogen (secondary N) is 2. The van der Waals surface area contributed by atoms with Crippen LogP contribution in [0.2, 0.25) is 0 Å². The Hall–Kier alpha value is -3.45. The van der Waals surface area contributed by atoms with Crippen molar-refractivity contribution < 1.29 is 5.11 Å². The van der Waals surface area contributed by atoms with Crippen molar-refractivity contribution in [3.63, 3.8) is 0 Å². The maximum absolute atomic E-state index is 9.58. The summed E-state index contributed by atoms with van der Waals surface area (Å²) in [6.07, 6.45) is 0.788. The van der Waals surface area contributed by atoms with Crippen LogP contribution in [-0.4, -0.2) is 37.6 Å². The van der Waals surface area contributed by atoms with Crippen LogP contribution in [0.4, 0.5) is 11.5 Å².